The Bertz CT molecular complexity index is 1720. The van der Waals surface area contributed by atoms with Crippen molar-refractivity contribution in [2.24, 2.45) is 12.5 Å². The maximum atomic E-state index is 15.3. The first-order chi connectivity index (χ1) is 23.2. The SMILES string of the molecule is Cn1cc(-c2ccc(N(C(=O)NCc3ccccc3)C3CCN(Nc4ncc(C(C)(F)I)c(N5CCC6(COC6)C5)n4)CC3)nc2)cn1. The van der Waals surface area contributed by atoms with Crippen LogP contribution in [-0.2, 0) is 22.0 Å². The molecule has 0 bridgehead atoms. The van der Waals surface area contributed by atoms with Crippen molar-refractivity contribution in [2.45, 2.75) is 42.4 Å². The number of hydrogen-bond acceptors (Lipinski definition) is 9. The van der Waals surface area contributed by atoms with E-state index in [-0.39, 0.29) is 17.5 Å². The number of nitrogens with one attached hydrogen (secondary N) is 2. The predicted octanol–water partition coefficient (Wildman–Crippen LogP) is 5.28. The Labute approximate surface area is 293 Å². The number of amides is 2. The summed E-state index contributed by atoms with van der Waals surface area (Å²) in [5, 5.41) is 9.43. The second kappa shape index (κ2) is 13.6. The molecule has 1 spiro atoms. The number of aryl methyl sites for hydroxylation is 1. The molecular formula is C34H40FIN10O2. The molecule has 14 heteroatoms. The summed E-state index contributed by atoms with van der Waals surface area (Å²) in [6.07, 6.45) is 9.54. The van der Waals surface area contributed by atoms with Gasteiger partial charge in [0.25, 0.3) is 0 Å². The molecule has 2 N–H and O–H groups in total. The molecule has 4 aromatic rings. The maximum absolute atomic E-state index is 15.3. The van der Waals surface area contributed by atoms with E-state index in [0.717, 1.165) is 49.4 Å². The molecule has 7 rings (SSSR count). The van der Waals surface area contributed by atoms with Crippen LogP contribution < -0.4 is 20.5 Å². The van der Waals surface area contributed by atoms with Crippen molar-refractivity contribution in [3.8, 4) is 11.1 Å². The minimum atomic E-state index is -1.61. The lowest BCUT2D eigenvalue weighted by Gasteiger charge is -2.38. The molecule has 0 radical (unpaired) electrons. The minimum Gasteiger partial charge on any atom is -0.380 e. The fourth-order valence-corrected chi connectivity index (χ4v) is 7.06. The van der Waals surface area contributed by atoms with Crippen LogP contribution in [0, 0.1) is 5.41 Å². The van der Waals surface area contributed by atoms with Gasteiger partial charge in [-0.25, -0.2) is 24.2 Å². The third-order valence-corrected chi connectivity index (χ3v) is 10.0. The summed E-state index contributed by atoms with van der Waals surface area (Å²) in [4.78, 5) is 31.8. The van der Waals surface area contributed by atoms with Crippen LogP contribution in [0.2, 0.25) is 0 Å². The minimum absolute atomic E-state index is 0.0776. The van der Waals surface area contributed by atoms with Crippen molar-refractivity contribution in [2.75, 3.05) is 54.6 Å². The van der Waals surface area contributed by atoms with Gasteiger partial charge in [-0.1, -0.05) is 30.3 Å². The van der Waals surface area contributed by atoms with Crippen LogP contribution in [0.4, 0.5) is 26.8 Å². The van der Waals surface area contributed by atoms with Gasteiger partial charge in [0.15, 0.2) is 3.68 Å². The molecule has 12 nitrogen and oxygen atoms in total. The van der Waals surface area contributed by atoms with Gasteiger partial charge in [0.05, 0.1) is 25.0 Å². The molecule has 0 aliphatic carbocycles. The molecule has 6 heterocycles. The topological polar surface area (TPSA) is 117 Å². The number of carbonyl (C=O) groups excluding carboxylic acids is 1. The number of alkyl halides is 2. The van der Waals surface area contributed by atoms with Gasteiger partial charge in [-0.15, -0.1) is 0 Å². The second-order valence-corrected chi connectivity index (χ2v) is 15.2. The van der Waals surface area contributed by atoms with Gasteiger partial charge in [-0.3, -0.25) is 15.0 Å². The third-order valence-electron chi connectivity index (χ3n) is 9.42. The zero-order valence-electron chi connectivity index (χ0n) is 27.1. The van der Waals surface area contributed by atoms with Gasteiger partial charge in [0.1, 0.15) is 11.6 Å². The smallest absolute Gasteiger partial charge is 0.323 e. The van der Waals surface area contributed by atoms with Gasteiger partial charge < -0.3 is 15.0 Å². The van der Waals surface area contributed by atoms with Crippen molar-refractivity contribution >= 4 is 46.2 Å². The van der Waals surface area contributed by atoms with E-state index in [4.69, 9.17) is 14.7 Å². The van der Waals surface area contributed by atoms with Gasteiger partial charge in [0, 0.05) is 80.9 Å². The van der Waals surface area contributed by atoms with Crippen molar-refractivity contribution in [3.05, 3.63) is 78.4 Å². The standard InChI is InChI=1S/C34H40FIN10O2/c1-33(35,36)28-19-38-31(41-30(28)44-15-12-34(21-44)22-48-23-34)42-45-13-10-27(11-14-45)46(32(47)39-16-24-6-4-3-5-7-24)29-9-8-25(17-37-29)26-18-40-43(2)20-26/h3-9,17-20,27H,10-16,21-23H2,1-2H3,(H,39,47)(H,38,41,42). The van der Waals surface area contributed by atoms with Crippen LogP contribution in [0.3, 0.4) is 0 Å². The van der Waals surface area contributed by atoms with Gasteiger partial charge in [0.2, 0.25) is 5.95 Å². The third kappa shape index (κ3) is 7.10. The lowest BCUT2D eigenvalue weighted by molar-refractivity contribution is -0.0985. The molecule has 48 heavy (non-hydrogen) atoms. The Hall–Kier alpha value is -3.89. The van der Waals surface area contributed by atoms with Gasteiger partial charge in [-0.2, -0.15) is 10.1 Å². The summed E-state index contributed by atoms with van der Waals surface area (Å²) in [6.45, 7) is 6.35. The number of anilines is 3. The fourth-order valence-electron chi connectivity index (χ4n) is 6.68. The molecule has 3 aromatic heterocycles. The van der Waals surface area contributed by atoms with Crippen LogP contribution >= 0.6 is 22.6 Å². The highest BCUT2D eigenvalue weighted by molar-refractivity contribution is 14.1. The number of hydrogen-bond donors (Lipinski definition) is 2. The van der Waals surface area contributed by atoms with E-state index in [0.29, 0.717) is 55.6 Å². The Morgan fingerprint density at radius 3 is 2.50 bits per heavy atom. The van der Waals surface area contributed by atoms with Crippen molar-refractivity contribution in [1.29, 1.82) is 0 Å². The van der Waals surface area contributed by atoms with E-state index in [1.807, 2.05) is 78.3 Å². The molecule has 1 atom stereocenters. The van der Waals surface area contributed by atoms with Crippen molar-refractivity contribution < 1.29 is 13.9 Å². The Kier molecular flexibility index (Phi) is 9.22. The van der Waals surface area contributed by atoms with E-state index in [1.54, 1.807) is 28.2 Å². The van der Waals surface area contributed by atoms with Crippen LogP contribution in [0.15, 0.2) is 67.3 Å². The number of benzene rings is 1. The number of ether oxygens (including phenoxy) is 1. The molecular weight excluding hydrogens is 726 g/mol. The summed E-state index contributed by atoms with van der Waals surface area (Å²) in [5.41, 5.74) is 6.90. The first-order valence-corrected chi connectivity index (χ1v) is 17.4. The molecule has 3 aliphatic rings. The molecule has 2 amide bonds. The summed E-state index contributed by atoms with van der Waals surface area (Å²) in [6, 6.07) is 13.5. The van der Waals surface area contributed by atoms with E-state index >= 15 is 4.39 Å². The van der Waals surface area contributed by atoms with Gasteiger partial charge >= 0.3 is 6.03 Å². The number of aromatic nitrogens is 5. The number of pyridine rings is 1. The average Bonchev–Trinajstić information content (AvgIpc) is 3.73. The van der Waals surface area contributed by atoms with Crippen LogP contribution in [0.1, 0.15) is 37.3 Å². The number of carbonyl (C=O) groups is 1. The van der Waals surface area contributed by atoms with E-state index in [1.165, 1.54) is 6.92 Å². The fraction of sp³-hybridized carbons (Fsp3) is 0.441. The molecule has 0 saturated carbocycles. The lowest BCUT2D eigenvalue weighted by atomic mass is 9.85. The van der Waals surface area contributed by atoms with Crippen molar-refractivity contribution in [1.82, 2.24) is 35.1 Å². The maximum Gasteiger partial charge on any atom is 0.323 e. The first-order valence-electron chi connectivity index (χ1n) is 16.3. The Balaban J connectivity index is 1.05. The Morgan fingerprint density at radius 1 is 1.08 bits per heavy atom. The second-order valence-electron chi connectivity index (χ2n) is 13.1. The van der Waals surface area contributed by atoms with E-state index < -0.39 is 3.68 Å². The number of urea groups is 1. The quantitative estimate of drug-likeness (QED) is 0.174. The summed E-state index contributed by atoms with van der Waals surface area (Å²) >= 11 is 1.81. The number of halogens is 2. The average molecular weight is 767 g/mol. The molecule has 252 valence electrons. The number of rotatable bonds is 9. The first kappa shape index (κ1) is 32.6. The summed E-state index contributed by atoms with van der Waals surface area (Å²) < 4.78 is 20.9. The van der Waals surface area contributed by atoms with Crippen LogP contribution in [0.25, 0.3) is 11.1 Å². The largest absolute Gasteiger partial charge is 0.380 e. The molecule has 3 fully saturated rings. The van der Waals surface area contributed by atoms with Crippen molar-refractivity contribution in [3.63, 3.8) is 0 Å². The van der Waals surface area contributed by atoms with E-state index in [9.17, 15) is 4.79 Å². The Morgan fingerprint density at radius 2 is 1.88 bits per heavy atom. The normalized spacial score (nSPS) is 19.1. The van der Waals surface area contributed by atoms with Crippen LogP contribution in [0.5, 0.6) is 0 Å². The highest BCUT2D eigenvalue weighted by atomic mass is 127. The van der Waals surface area contributed by atoms with Crippen LogP contribution in [-0.4, -0.2) is 81.2 Å². The number of nitrogens with zero attached hydrogens (tertiary/aromatic N) is 8. The van der Waals surface area contributed by atoms with Gasteiger partial charge in [-0.05, 0) is 66.5 Å². The summed E-state index contributed by atoms with van der Waals surface area (Å²) in [7, 11) is 1.88. The number of hydrazine groups is 1. The molecule has 3 aliphatic heterocycles. The van der Waals surface area contributed by atoms with E-state index in [2.05, 4.69) is 30.7 Å². The highest BCUT2D eigenvalue weighted by Gasteiger charge is 2.46. The number of piperidine rings is 1. The lowest BCUT2D eigenvalue weighted by Crippen LogP contribution is -2.52. The highest BCUT2D eigenvalue weighted by Crippen LogP contribution is 2.43. The molecule has 1 aromatic carbocycles. The zero-order chi connectivity index (χ0) is 33.3. The monoisotopic (exact) mass is 766 g/mol. The predicted molar refractivity (Wildman–Crippen MR) is 190 cm³/mol. The zero-order valence-corrected chi connectivity index (χ0v) is 29.3. The molecule has 1 unspecified atom stereocenters. The molecule has 3 saturated heterocycles. The summed E-state index contributed by atoms with van der Waals surface area (Å²) in [5.74, 6) is 1.66.